The van der Waals surface area contributed by atoms with E-state index in [1.54, 1.807) is 0 Å². The van der Waals surface area contributed by atoms with Gasteiger partial charge < -0.3 is 15.7 Å². The van der Waals surface area contributed by atoms with Crippen LogP contribution in [0.25, 0.3) is 0 Å². The summed E-state index contributed by atoms with van der Waals surface area (Å²) in [7, 11) is 0. The van der Waals surface area contributed by atoms with Crippen LogP contribution in [0.1, 0.15) is 30.9 Å². The Morgan fingerprint density at radius 1 is 1.23 bits per heavy atom. The van der Waals surface area contributed by atoms with Gasteiger partial charge in [-0.15, -0.1) is 0 Å². The highest BCUT2D eigenvalue weighted by molar-refractivity contribution is 14.1. The van der Waals surface area contributed by atoms with Gasteiger partial charge in [-0.2, -0.15) is 4.98 Å². The minimum Gasteiger partial charge on any atom is -0.396 e. The van der Waals surface area contributed by atoms with Crippen LogP contribution in [0.4, 0.5) is 17.5 Å². The molecule has 1 aliphatic rings. The van der Waals surface area contributed by atoms with Crippen molar-refractivity contribution in [3.8, 4) is 0 Å². The molecule has 2 aromatic rings. The largest absolute Gasteiger partial charge is 0.396 e. The van der Waals surface area contributed by atoms with E-state index < -0.39 is 0 Å². The molecule has 0 amide bonds. The molecule has 0 radical (unpaired) electrons. The van der Waals surface area contributed by atoms with Gasteiger partial charge in [0.05, 0.1) is 11.4 Å². The summed E-state index contributed by atoms with van der Waals surface area (Å²) in [6.07, 6.45) is 3.10. The molecule has 5 nitrogen and oxygen atoms in total. The zero-order chi connectivity index (χ0) is 15.4. The molecule has 1 aliphatic carbocycles. The summed E-state index contributed by atoms with van der Waals surface area (Å²) in [5.41, 5.74) is 2.14. The molecule has 22 heavy (non-hydrogen) atoms. The smallest absolute Gasteiger partial charge is 0.224 e. The van der Waals surface area contributed by atoms with Crippen LogP contribution in [0.15, 0.2) is 30.3 Å². The number of aromatic nitrogens is 2. The maximum absolute atomic E-state index is 8.88. The van der Waals surface area contributed by atoms with Crippen LogP contribution < -0.4 is 10.6 Å². The second-order valence-electron chi connectivity index (χ2n) is 5.38. The number of anilines is 3. The van der Waals surface area contributed by atoms with E-state index in [-0.39, 0.29) is 6.61 Å². The van der Waals surface area contributed by atoms with E-state index in [1.807, 2.05) is 24.3 Å². The Labute approximate surface area is 143 Å². The summed E-state index contributed by atoms with van der Waals surface area (Å²) in [4.78, 5) is 9.12. The fourth-order valence-corrected chi connectivity index (χ4v) is 2.70. The van der Waals surface area contributed by atoms with Gasteiger partial charge in [-0.05, 0) is 54.0 Å². The van der Waals surface area contributed by atoms with Gasteiger partial charge in [0, 0.05) is 28.7 Å². The van der Waals surface area contributed by atoms with Crippen LogP contribution in [-0.4, -0.2) is 28.2 Å². The quantitative estimate of drug-likeness (QED) is 0.482. The predicted molar refractivity (Wildman–Crippen MR) is 96.6 cm³/mol. The highest BCUT2D eigenvalue weighted by Crippen LogP contribution is 2.40. The number of halogens is 1. The Hall–Kier alpha value is -1.41. The Morgan fingerprint density at radius 3 is 2.77 bits per heavy atom. The molecule has 116 valence electrons. The topological polar surface area (TPSA) is 70.1 Å². The minimum atomic E-state index is 0.169. The molecule has 1 fully saturated rings. The first-order valence-electron chi connectivity index (χ1n) is 7.51. The summed E-state index contributed by atoms with van der Waals surface area (Å²) in [6.45, 7) is 0.843. The molecule has 0 saturated heterocycles. The van der Waals surface area contributed by atoms with E-state index in [0.29, 0.717) is 24.8 Å². The predicted octanol–water partition coefficient (Wildman–Crippen LogP) is 3.50. The number of aliphatic hydroxyl groups excluding tert-OH is 1. The van der Waals surface area contributed by atoms with Crippen molar-refractivity contribution in [1.82, 2.24) is 9.97 Å². The van der Waals surface area contributed by atoms with Crippen LogP contribution in [0.5, 0.6) is 0 Å². The Kier molecular flexibility index (Phi) is 5.09. The number of hydrogen-bond donors (Lipinski definition) is 3. The fourth-order valence-electron chi connectivity index (χ4n) is 2.18. The molecule has 0 aliphatic heterocycles. The SMILES string of the molecule is OCCCNc1nc(Nc2ccccc2I)cc(C2CC2)n1. The van der Waals surface area contributed by atoms with Crippen molar-refractivity contribution in [3.63, 3.8) is 0 Å². The van der Waals surface area contributed by atoms with Crippen LogP contribution in [0.3, 0.4) is 0 Å². The van der Waals surface area contributed by atoms with Crippen molar-refractivity contribution in [3.05, 3.63) is 39.6 Å². The average Bonchev–Trinajstić information content (AvgIpc) is 3.35. The van der Waals surface area contributed by atoms with Crippen molar-refractivity contribution < 1.29 is 5.11 Å². The molecule has 0 atom stereocenters. The number of aliphatic hydroxyl groups is 1. The van der Waals surface area contributed by atoms with E-state index in [4.69, 9.17) is 5.11 Å². The molecule has 0 spiro atoms. The summed E-state index contributed by atoms with van der Waals surface area (Å²) in [5.74, 6) is 2.01. The third-order valence-corrected chi connectivity index (χ3v) is 4.44. The molecular weight excluding hydrogens is 391 g/mol. The van der Waals surface area contributed by atoms with E-state index in [9.17, 15) is 0 Å². The Bertz CT molecular complexity index is 646. The van der Waals surface area contributed by atoms with Gasteiger partial charge in [-0.1, -0.05) is 12.1 Å². The number of rotatable bonds is 7. The molecule has 1 saturated carbocycles. The van der Waals surface area contributed by atoms with Gasteiger partial charge in [-0.3, -0.25) is 0 Å². The fraction of sp³-hybridized carbons (Fsp3) is 0.375. The minimum absolute atomic E-state index is 0.169. The van der Waals surface area contributed by atoms with Crippen molar-refractivity contribution in [2.24, 2.45) is 0 Å². The molecule has 1 heterocycles. The standard InChI is InChI=1S/C16H19IN4O/c17-12-4-1-2-5-13(12)19-15-10-14(11-6-7-11)20-16(21-15)18-8-3-9-22/h1-2,4-5,10-11,22H,3,6-9H2,(H2,18,19,20,21). The lowest BCUT2D eigenvalue weighted by atomic mass is 10.2. The van der Waals surface area contributed by atoms with E-state index in [1.165, 1.54) is 12.8 Å². The highest BCUT2D eigenvalue weighted by atomic mass is 127. The number of nitrogens with one attached hydrogen (secondary N) is 2. The van der Waals surface area contributed by atoms with Crippen LogP contribution in [0, 0.1) is 3.57 Å². The monoisotopic (exact) mass is 410 g/mol. The summed E-state index contributed by atoms with van der Waals surface area (Å²) in [6, 6.07) is 10.2. The number of nitrogens with zero attached hydrogens (tertiary/aromatic N) is 2. The second-order valence-corrected chi connectivity index (χ2v) is 6.55. The van der Waals surface area contributed by atoms with Gasteiger partial charge in [0.2, 0.25) is 5.95 Å². The lowest BCUT2D eigenvalue weighted by Crippen LogP contribution is -2.09. The Morgan fingerprint density at radius 2 is 2.05 bits per heavy atom. The second kappa shape index (κ2) is 7.23. The molecule has 1 aromatic carbocycles. The van der Waals surface area contributed by atoms with Crippen molar-refractivity contribution >= 4 is 40.0 Å². The number of benzene rings is 1. The van der Waals surface area contributed by atoms with E-state index in [2.05, 4.69) is 49.3 Å². The highest BCUT2D eigenvalue weighted by Gasteiger charge is 2.26. The number of hydrogen-bond acceptors (Lipinski definition) is 5. The first-order valence-corrected chi connectivity index (χ1v) is 8.59. The normalized spacial score (nSPS) is 13.9. The van der Waals surface area contributed by atoms with Gasteiger partial charge >= 0.3 is 0 Å². The zero-order valence-corrected chi connectivity index (χ0v) is 14.4. The lowest BCUT2D eigenvalue weighted by molar-refractivity contribution is 0.292. The third kappa shape index (κ3) is 4.07. The van der Waals surface area contributed by atoms with Gasteiger partial charge in [0.25, 0.3) is 0 Å². The molecule has 0 unspecified atom stereocenters. The average molecular weight is 410 g/mol. The van der Waals surface area contributed by atoms with Gasteiger partial charge in [-0.25, -0.2) is 4.98 Å². The molecule has 6 heteroatoms. The van der Waals surface area contributed by atoms with Gasteiger partial charge in [0.15, 0.2) is 0 Å². The van der Waals surface area contributed by atoms with Gasteiger partial charge in [0.1, 0.15) is 5.82 Å². The van der Waals surface area contributed by atoms with Crippen LogP contribution in [0.2, 0.25) is 0 Å². The molecule has 3 rings (SSSR count). The van der Waals surface area contributed by atoms with Crippen molar-refractivity contribution in [1.29, 1.82) is 0 Å². The first kappa shape index (κ1) is 15.5. The van der Waals surface area contributed by atoms with E-state index in [0.717, 1.165) is 20.8 Å². The molecular formula is C16H19IN4O. The van der Waals surface area contributed by atoms with E-state index >= 15 is 0 Å². The molecule has 3 N–H and O–H groups in total. The molecule has 0 bridgehead atoms. The zero-order valence-electron chi connectivity index (χ0n) is 12.2. The number of para-hydroxylation sites is 1. The summed E-state index contributed by atoms with van der Waals surface area (Å²) in [5, 5.41) is 15.4. The molecule has 1 aromatic heterocycles. The van der Waals surface area contributed by atoms with Crippen LogP contribution >= 0.6 is 22.6 Å². The first-order chi connectivity index (χ1) is 10.8. The van der Waals surface area contributed by atoms with Crippen LogP contribution in [-0.2, 0) is 0 Å². The van der Waals surface area contributed by atoms with Crippen molar-refractivity contribution in [2.75, 3.05) is 23.8 Å². The lowest BCUT2D eigenvalue weighted by Gasteiger charge is -2.12. The van der Waals surface area contributed by atoms with Crippen molar-refractivity contribution in [2.45, 2.75) is 25.2 Å². The Balaban J connectivity index is 1.81. The summed E-state index contributed by atoms with van der Waals surface area (Å²) >= 11 is 2.31. The maximum atomic E-state index is 8.88. The summed E-state index contributed by atoms with van der Waals surface area (Å²) < 4.78 is 1.15. The maximum Gasteiger partial charge on any atom is 0.224 e. The third-order valence-electron chi connectivity index (χ3n) is 3.50.